The summed E-state index contributed by atoms with van der Waals surface area (Å²) in [5.74, 6) is -0.103. The Morgan fingerprint density at radius 3 is 2.50 bits per heavy atom. The van der Waals surface area contributed by atoms with Gasteiger partial charge in [-0.05, 0) is 52.2 Å². The molecule has 6 nitrogen and oxygen atoms in total. The average Bonchev–Trinajstić information content (AvgIpc) is 3.12. The third-order valence-electron chi connectivity index (χ3n) is 3.22. The first-order valence-corrected chi connectivity index (χ1v) is 10.2. The zero-order chi connectivity index (χ0) is 19.2. The number of ether oxygens (including phenoxy) is 1. The SMILES string of the molecule is CC(=O)Nc1nc(CCc2ccc(CCNC(=O)OC(C)(C)C)s2)cs1. The summed E-state index contributed by atoms with van der Waals surface area (Å²) in [6.45, 7) is 7.58. The number of thiazole rings is 1. The summed E-state index contributed by atoms with van der Waals surface area (Å²) in [5.41, 5.74) is 0.510. The third-order valence-corrected chi connectivity index (χ3v) is 5.23. The lowest BCUT2D eigenvalue weighted by molar-refractivity contribution is -0.114. The number of thiophene rings is 1. The fourth-order valence-electron chi connectivity index (χ4n) is 2.17. The van der Waals surface area contributed by atoms with Crippen molar-refractivity contribution in [2.75, 3.05) is 11.9 Å². The molecule has 0 atom stereocenters. The molecule has 0 aliphatic rings. The number of nitrogens with one attached hydrogen (secondary N) is 2. The molecule has 2 amide bonds. The Bertz CT molecular complexity index is 747. The van der Waals surface area contributed by atoms with E-state index >= 15 is 0 Å². The third kappa shape index (κ3) is 7.53. The minimum atomic E-state index is -0.477. The lowest BCUT2D eigenvalue weighted by Crippen LogP contribution is -2.33. The molecule has 0 bridgehead atoms. The van der Waals surface area contributed by atoms with E-state index in [-0.39, 0.29) is 12.0 Å². The Labute approximate surface area is 162 Å². The lowest BCUT2D eigenvalue weighted by Gasteiger charge is -2.19. The second kappa shape index (κ2) is 9.14. The first-order chi connectivity index (χ1) is 12.2. The van der Waals surface area contributed by atoms with E-state index in [1.165, 1.54) is 28.0 Å². The second-order valence-corrected chi connectivity index (χ2v) is 8.98. The van der Waals surface area contributed by atoms with Crippen LogP contribution in [-0.4, -0.2) is 29.1 Å². The van der Waals surface area contributed by atoms with E-state index in [4.69, 9.17) is 4.74 Å². The van der Waals surface area contributed by atoms with Gasteiger partial charge in [0, 0.05) is 28.6 Å². The predicted octanol–water partition coefficient (Wildman–Crippen LogP) is 4.02. The van der Waals surface area contributed by atoms with Crippen molar-refractivity contribution < 1.29 is 14.3 Å². The number of rotatable bonds is 7. The van der Waals surface area contributed by atoms with Gasteiger partial charge in [0.1, 0.15) is 5.60 Å². The molecule has 0 spiro atoms. The number of aromatic nitrogens is 1. The molecule has 0 aliphatic carbocycles. The highest BCUT2D eigenvalue weighted by Gasteiger charge is 2.15. The number of aryl methyl sites for hydroxylation is 2. The van der Waals surface area contributed by atoms with Gasteiger partial charge in [0.15, 0.2) is 5.13 Å². The minimum absolute atomic E-state index is 0.103. The number of alkyl carbamates (subject to hydrolysis) is 1. The molecule has 0 fully saturated rings. The van der Waals surface area contributed by atoms with Crippen LogP contribution < -0.4 is 10.6 Å². The van der Waals surface area contributed by atoms with Crippen LogP contribution in [0.5, 0.6) is 0 Å². The van der Waals surface area contributed by atoms with Crippen molar-refractivity contribution >= 4 is 39.8 Å². The smallest absolute Gasteiger partial charge is 0.407 e. The van der Waals surface area contributed by atoms with Gasteiger partial charge in [0.2, 0.25) is 5.91 Å². The number of hydrogen-bond donors (Lipinski definition) is 2. The van der Waals surface area contributed by atoms with Crippen LogP contribution in [0.25, 0.3) is 0 Å². The summed E-state index contributed by atoms with van der Waals surface area (Å²) in [7, 11) is 0. The Morgan fingerprint density at radius 1 is 1.15 bits per heavy atom. The van der Waals surface area contributed by atoms with E-state index in [0.29, 0.717) is 11.7 Å². The molecular weight excluding hydrogens is 370 g/mol. The maximum Gasteiger partial charge on any atom is 0.407 e. The average molecular weight is 396 g/mol. The zero-order valence-electron chi connectivity index (χ0n) is 15.5. The molecule has 0 radical (unpaired) electrons. The van der Waals surface area contributed by atoms with E-state index in [9.17, 15) is 9.59 Å². The Balaban J connectivity index is 1.73. The van der Waals surface area contributed by atoms with Crippen LogP contribution in [-0.2, 0) is 28.8 Å². The van der Waals surface area contributed by atoms with E-state index < -0.39 is 5.60 Å². The Hall–Kier alpha value is -1.93. The van der Waals surface area contributed by atoms with Crippen molar-refractivity contribution in [1.29, 1.82) is 0 Å². The van der Waals surface area contributed by atoms with Crippen LogP contribution in [0, 0.1) is 0 Å². The molecule has 0 saturated heterocycles. The summed E-state index contributed by atoms with van der Waals surface area (Å²) in [5, 5.41) is 8.10. The zero-order valence-corrected chi connectivity index (χ0v) is 17.2. The van der Waals surface area contributed by atoms with E-state index in [0.717, 1.165) is 25.0 Å². The van der Waals surface area contributed by atoms with E-state index in [1.807, 2.05) is 26.2 Å². The summed E-state index contributed by atoms with van der Waals surface area (Å²) in [4.78, 5) is 29.6. The fraction of sp³-hybridized carbons (Fsp3) is 0.500. The van der Waals surface area contributed by atoms with Crippen molar-refractivity contribution in [2.24, 2.45) is 0 Å². The Kier molecular flexibility index (Phi) is 7.16. The summed E-state index contributed by atoms with van der Waals surface area (Å²) < 4.78 is 5.22. The van der Waals surface area contributed by atoms with Crippen molar-refractivity contribution in [3.05, 3.63) is 33.0 Å². The van der Waals surface area contributed by atoms with Gasteiger partial charge in [-0.1, -0.05) is 0 Å². The first-order valence-electron chi connectivity index (χ1n) is 8.48. The van der Waals surface area contributed by atoms with Crippen LogP contribution in [0.4, 0.5) is 9.93 Å². The van der Waals surface area contributed by atoms with Crippen molar-refractivity contribution in [2.45, 2.75) is 52.6 Å². The number of carbonyl (C=O) groups excluding carboxylic acids is 2. The van der Waals surface area contributed by atoms with E-state index in [2.05, 4.69) is 27.8 Å². The molecule has 2 aromatic rings. The number of amides is 2. The highest BCUT2D eigenvalue weighted by Crippen LogP contribution is 2.21. The molecule has 0 unspecified atom stereocenters. The van der Waals surface area contributed by atoms with Crippen LogP contribution in [0.3, 0.4) is 0 Å². The standard InChI is InChI=1S/C18H25N3O3S2/c1-12(22)20-16-21-13(11-25-16)5-6-14-7-8-15(26-14)9-10-19-17(23)24-18(2,3)4/h7-8,11H,5-6,9-10H2,1-4H3,(H,19,23)(H,20,21,22). The summed E-state index contributed by atoms with van der Waals surface area (Å²) in [6.07, 6.45) is 2.15. The molecule has 0 saturated carbocycles. The molecular formula is C18H25N3O3S2. The summed E-state index contributed by atoms with van der Waals surface area (Å²) >= 11 is 3.19. The van der Waals surface area contributed by atoms with Gasteiger partial charge in [-0.25, -0.2) is 9.78 Å². The van der Waals surface area contributed by atoms with Crippen LogP contribution >= 0.6 is 22.7 Å². The number of hydrogen-bond acceptors (Lipinski definition) is 6. The van der Waals surface area contributed by atoms with Gasteiger partial charge < -0.3 is 15.4 Å². The maximum atomic E-state index is 11.6. The molecule has 2 heterocycles. The monoisotopic (exact) mass is 395 g/mol. The Morgan fingerprint density at radius 2 is 1.85 bits per heavy atom. The van der Waals surface area contributed by atoms with Crippen LogP contribution in [0.2, 0.25) is 0 Å². The normalized spacial score (nSPS) is 11.2. The van der Waals surface area contributed by atoms with Gasteiger partial charge in [0.25, 0.3) is 0 Å². The number of carbonyl (C=O) groups is 2. The second-order valence-electron chi connectivity index (χ2n) is 6.87. The number of anilines is 1. The lowest BCUT2D eigenvalue weighted by atomic mass is 10.2. The van der Waals surface area contributed by atoms with Gasteiger partial charge in [0.05, 0.1) is 5.69 Å². The van der Waals surface area contributed by atoms with E-state index in [1.54, 1.807) is 11.3 Å². The molecule has 8 heteroatoms. The molecule has 2 N–H and O–H groups in total. The molecule has 26 heavy (non-hydrogen) atoms. The largest absolute Gasteiger partial charge is 0.444 e. The van der Waals surface area contributed by atoms with Crippen molar-refractivity contribution in [1.82, 2.24) is 10.3 Å². The molecule has 2 aromatic heterocycles. The number of nitrogens with zero attached hydrogens (tertiary/aromatic N) is 1. The van der Waals surface area contributed by atoms with Crippen LogP contribution in [0.1, 0.15) is 43.1 Å². The van der Waals surface area contributed by atoms with Crippen molar-refractivity contribution in [3.8, 4) is 0 Å². The first kappa shape index (κ1) is 20.4. The minimum Gasteiger partial charge on any atom is -0.444 e. The molecule has 2 rings (SSSR count). The predicted molar refractivity (Wildman–Crippen MR) is 106 cm³/mol. The molecule has 142 valence electrons. The van der Waals surface area contributed by atoms with Gasteiger partial charge >= 0.3 is 6.09 Å². The maximum absolute atomic E-state index is 11.6. The quantitative estimate of drug-likeness (QED) is 0.742. The van der Waals surface area contributed by atoms with Crippen LogP contribution in [0.15, 0.2) is 17.5 Å². The molecule has 0 aliphatic heterocycles. The summed E-state index contributed by atoms with van der Waals surface area (Å²) in [6, 6.07) is 4.22. The van der Waals surface area contributed by atoms with Gasteiger partial charge in [-0.15, -0.1) is 22.7 Å². The highest BCUT2D eigenvalue weighted by atomic mass is 32.1. The molecule has 0 aromatic carbocycles. The topological polar surface area (TPSA) is 80.3 Å². The fourth-order valence-corrected chi connectivity index (χ4v) is 3.98. The van der Waals surface area contributed by atoms with Crippen molar-refractivity contribution in [3.63, 3.8) is 0 Å². The van der Waals surface area contributed by atoms with Gasteiger partial charge in [-0.3, -0.25) is 4.79 Å². The van der Waals surface area contributed by atoms with Gasteiger partial charge in [-0.2, -0.15) is 0 Å². The highest BCUT2D eigenvalue weighted by molar-refractivity contribution is 7.14.